The van der Waals surface area contributed by atoms with Gasteiger partial charge in [0.15, 0.2) is 0 Å². The van der Waals surface area contributed by atoms with Crippen LogP contribution in [0.4, 0.5) is 8.78 Å². The monoisotopic (exact) mass is 298 g/mol. The first-order valence-electron chi connectivity index (χ1n) is 7.69. The summed E-state index contributed by atoms with van der Waals surface area (Å²) in [5, 5.41) is 13.2. The fraction of sp³-hybridized carbons (Fsp3) is 0.625. The van der Waals surface area contributed by atoms with Gasteiger partial charge in [0.1, 0.15) is 11.6 Å². The first kappa shape index (κ1) is 16.3. The van der Waals surface area contributed by atoms with Gasteiger partial charge < -0.3 is 15.3 Å². The number of nitrogens with zero attached hydrogens (tertiary/aromatic N) is 1. The molecule has 1 fully saturated rings. The molecule has 1 heterocycles. The molecule has 1 atom stereocenters. The van der Waals surface area contributed by atoms with Gasteiger partial charge in [-0.1, -0.05) is 13.0 Å². The average Bonchev–Trinajstić information content (AvgIpc) is 2.47. The number of aliphatic hydroxyl groups is 1. The van der Waals surface area contributed by atoms with Crippen molar-refractivity contribution in [1.29, 1.82) is 0 Å². The summed E-state index contributed by atoms with van der Waals surface area (Å²) in [7, 11) is 0. The highest BCUT2D eigenvalue weighted by Gasteiger charge is 2.21. The van der Waals surface area contributed by atoms with Gasteiger partial charge in [0, 0.05) is 12.6 Å². The molecule has 2 N–H and O–H groups in total. The van der Waals surface area contributed by atoms with Crippen LogP contribution in [-0.4, -0.2) is 42.2 Å². The number of aliphatic hydroxyl groups excluding tert-OH is 1. The normalized spacial score (nSPS) is 18.9. The molecule has 2 rings (SSSR count). The predicted octanol–water partition coefficient (Wildman–Crippen LogP) is 2.46. The number of hydrogen-bond acceptors (Lipinski definition) is 3. The van der Waals surface area contributed by atoms with Crippen LogP contribution in [0.5, 0.6) is 0 Å². The van der Waals surface area contributed by atoms with Gasteiger partial charge in [-0.25, -0.2) is 8.78 Å². The van der Waals surface area contributed by atoms with Gasteiger partial charge in [0.05, 0.1) is 11.7 Å². The highest BCUT2D eigenvalue weighted by Crippen LogP contribution is 2.20. The molecular formula is C16H24F2N2O. The van der Waals surface area contributed by atoms with Gasteiger partial charge in [0.25, 0.3) is 0 Å². The number of hydrogen-bond donors (Lipinski definition) is 2. The maximum Gasteiger partial charge on any atom is 0.131 e. The molecule has 0 aromatic heterocycles. The lowest BCUT2D eigenvalue weighted by Gasteiger charge is -2.32. The SMILES string of the molecule is CCCN1CCC(NCC(O)c2c(F)cccc2F)CC1. The second-order valence-electron chi connectivity index (χ2n) is 5.68. The lowest BCUT2D eigenvalue weighted by atomic mass is 10.0. The lowest BCUT2D eigenvalue weighted by molar-refractivity contribution is 0.145. The van der Waals surface area contributed by atoms with Crippen molar-refractivity contribution >= 4 is 0 Å². The summed E-state index contributed by atoms with van der Waals surface area (Å²) in [5.41, 5.74) is -0.242. The number of benzene rings is 1. The van der Waals surface area contributed by atoms with Gasteiger partial charge in [-0.3, -0.25) is 0 Å². The standard InChI is InChI=1S/C16H24F2N2O/c1-2-8-20-9-6-12(7-10-20)19-11-15(21)16-13(17)4-3-5-14(16)18/h3-5,12,15,19,21H,2,6-11H2,1H3. The molecule has 0 spiro atoms. The Balaban J connectivity index is 1.81. The Hall–Kier alpha value is -1.04. The van der Waals surface area contributed by atoms with Gasteiger partial charge in [-0.15, -0.1) is 0 Å². The number of nitrogens with one attached hydrogen (secondary N) is 1. The van der Waals surface area contributed by atoms with Crippen molar-refractivity contribution in [2.75, 3.05) is 26.2 Å². The molecule has 1 aliphatic rings. The first-order chi connectivity index (χ1) is 10.1. The largest absolute Gasteiger partial charge is 0.387 e. The third-order valence-corrected chi connectivity index (χ3v) is 4.06. The summed E-state index contributed by atoms with van der Waals surface area (Å²) in [6.45, 7) is 5.54. The minimum atomic E-state index is -1.15. The van der Waals surface area contributed by atoms with E-state index in [1.807, 2.05) is 0 Å². The molecule has 1 aromatic carbocycles. The molecule has 0 aliphatic carbocycles. The van der Waals surface area contributed by atoms with Crippen LogP contribution in [0, 0.1) is 11.6 Å². The topological polar surface area (TPSA) is 35.5 Å². The van der Waals surface area contributed by atoms with Crippen LogP contribution in [0.2, 0.25) is 0 Å². The van der Waals surface area contributed by atoms with E-state index in [1.54, 1.807) is 0 Å². The van der Waals surface area contributed by atoms with Crippen molar-refractivity contribution in [3.8, 4) is 0 Å². The smallest absolute Gasteiger partial charge is 0.131 e. The Morgan fingerprint density at radius 3 is 2.48 bits per heavy atom. The zero-order chi connectivity index (χ0) is 15.2. The summed E-state index contributed by atoms with van der Waals surface area (Å²) < 4.78 is 27.1. The van der Waals surface area contributed by atoms with E-state index in [9.17, 15) is 13.9 Å². The summed E-state index contributed by atoms with van der Waals surface area (Å²) >= 11 is 0. The van der Waals surface area contributed by atoms with Crippen molar-refractivity contribution in [1.82, 2.24) is 10.2 Å². The van der Waals surface area contributed by atoms with E-state index in [4.69, 9.17) is 0 Å². The number of likely N-dealkylation sites (tertiary alicyclic amines) is 1. The van der Waals surface area contributed by atoms with Gasteiger partial charge in [-0.2, -0.15) is 0 Å². The van der Waals surface area contributed by atoms with Gasteiger partial charge in [-0.05, 0) is 51.0 Å². The fourth-order valence-corrected chi connectivity index (χ4v) is 2.89. The third kappa shape index (κ3) is 4.46. The average molecular weight is 298 g/mol. The van der Waals surface area contributed by atoms with Crippen LogP contribution >= 0.6 is 0 Å². The van der Waals surface area contributed by atoms with E-state index >= 15 is 0 Å². The minimum Gasteiger partial charge on any atom is -0.387 e. The fourth-order valence-electron chi connectivity index (χ4n) is 2.89. The molecule has 0 radical (unpaired) electrons. The Labute approximate surface area is 125 Å². The van der Waals surface area contributed by atoms with Gasteiger partial charge in [0.2, 0.25) is 0 Å². The summed E-state index contributed by atoms with van der Waals surface area (Å²) in [4.78, 5) is 2.42. The molecule has 1 aromatic rings. The van der Waals surface area contributed by atoms with E-state index in [0.717, 1.165) is 38.9 Å². The van der Waals surface area contributed by atoms with Crippen molar-refractivity contribution in [2.24, 2.45) is 0 Å². The molecule has 1 unspecified atom stereocenters. The highest BCUT2D eigenvalue weighted by atomic mass is 19.1. The van der Waals surface area contributed by atoms with Crippen molar-refractivity contribution in [2.45, 2.75) is 38.3 Å². The molecule has 21 heavy (non-hydrogen) atoms. The zero-order valence-corrected chi connectivity index (χ0v) is 12.5. The van der Waals surface area contributed by atoms with Crippen molar-refractivity contribution in [3.05, 3.63) is 35.4 Å². The first-order valence-corrected chi connectivity index (χ1v) is 7.69. The molecule has 5 heteroatoms. The van der Waals surface area contributed by atoms with Crippen molar-refractivity contribution in [3.63, 3.8) is 0 Å². The summed E-state index contributed by atoms with van der Waals surface area (Å²) in [6, 6.07) is 3.95. The quantitative estimate of drug-likeness (QED) is 0.847. The van der Waals surface area contributed by atoms with E-state index in [1.165, 1.54) is 18.2 Å². The Morgan fingerprint density at radius 2 is 1.90 bits per heavy atom. The third-order valence-electron chi connectivity index (χ3n) is 4.06. The van der Waals surface area contributed by atoms with E-state index in [0.29, 0.717) is 6.04 Å². The minimum absolute atomic E-state index is 0.177. The molecule has 118 valence electrons. The maximum atomic E-state index is 13.6. The number of halogens is 2. The predicted molar refractivity (Wildman–Crippen MR) is 79.1 cm³/mol. The lowest BCUT2D eigenvalue weighted by Crippen LogP contribution is -2.43. The number of rotatable bonds is 6. The second kappa shape index (κ2) is 7.82. The molecule has 3 nitrogen and oxygen atoms in total. The summed E-state index contributed by atoms with van der Waals surface area (Å²) in [5.74, 6) is -1.39. The second-order valence-corrected chi connectivity index (χ2v) is 5.68. The molecule has 0 saturated carbocycles. The van der Waals surface area contributed by atoms with Gasteiger partial charge >= 0.3 is 0 Å². The molecule has 1 saturated heterocycles. The summed E-state index contributed by atoms with van der Waals surface area (Å²) in [6.07, 6.45) is 2.02. The zero-order valence-electron chi connectivity index (χ0n) is 12.5. The highest BCUT2D eigenvalue weighted by molar-refractivity contribution is 5.22. The maximum absolute atomic E-state index is 13.6. The molecular weight excluding hydrogens is 274 g/mol. The van der Waals surface area contributed by atoms with E-state index < -0.39 is 17.7 Å². The van der Waals surface area contributed by atoms with Crippen LogP contribution in [0.25, 0.3) is 0 Å². The van der Waals surface area contributed by atoms with Crippen LogP contribution in [-0.2, 0) is 0 Å². The van der Waals surface area contributed by atoms with Crippen LogP contribution in [0.15, 0.2) is 18.2 Å². The van der Waals surface area contributed by atoms with Crippen LogP contribution in [0.1, 0.15) is 37.9 Å². The molecule has 0 amide bonds. The Morgan fingerprint density at radius 1 is 1.29 bits per heavy atom. The van der Waals surface area contributed by atoms with Crippen LogP contribution in [0.3, 0.4) is 0 Å². The van der Waals surface area contributed by atoms with E-state index in [2.05, 4.69) is 17.1 Å². The number of piperidine rings is 1. The Bertz CT molecular complexity index is 428. The van der Waals surface area contributed by atoms with Crippen LogP contribution < -0.4 is 5.32 Å². The van der Waals surface area contributed by atoms with E-state index in [-0.39, 0.29) is 12.1 Å². The molecule has 1 aliphatic heterocycles. The Kier molecular flexibility index (Phi) is 6.08. The molecule has 0 bridgehead atoms. The van der Waals surface area contributed by atoms with Crippen molar-refractivity contribution < 1.29 is 13.9 Å².